The van der Waals surface area contributed by atoms with Crippen LogP contribution in [0, 0.1) is 6.92 Å². The number of rotatable bonds is 6. The van der Waals surface area contributed by atoms with Crippen molar-refractivity contribution in [2.24, 2.45) is 0 Å². The van der Waals surface area contributed by atoms with E-state index in [2.05, 4.69) is 31.0 Å². The molecule has 0 aliphatic carbocycles. The highest BCUT2D eigenvalue weighted by Crippen LogP contribution is 2.34. The monoisotopic (exact) mass is 397 g/mol. The van der Waals surface area contributed by atoms with Crippen LogP contribution in [-0.2, 0) is 11.0 Å². The first kappa shape index (κ1) is 20.1. The van der Waals surface area contributed by atoms with E-state index in [1.165, 1.54) is 0 Å². The predicted molar refractivity (Wildman–Crippen MR) is 97.6 cm³/mol. The first-order valence-corrected chi connectivity index (χ1v) is 9.01. The molecule has 3 N–H and O–H groups in total. The normalized spacial score (nSPS) is 20.0. The summed E-state index contributed by atoms with van der Waals surface area (Å²) in [5.74, 6) is -0.219. The Morgan fingerprint density at radius 1 is 1.39 bits per heavy atom. The van der Waals surface area contributed by atoms with Gasteiger partial charge in [0.05, 0.1) is 23.5 Å². The molecule has 2 unspecified atom stereocenters. The smallest absolute Gasteiger partial charge is 0.370 e. The van der Waals surface area contributed by atoms with E-state index in [9.17, 15) is 18.0 Å². The number of hydrogen-bond acceptors (Lipinski definition) is 7. The average Bonchev–Trinajstić information content (AvgIpc) is 3.02. The second-order valence-corrected chi connectivity index (χ2v) is 6.60. The van der Waals surface area contributed by atoms with Crippen molar-refractivity contribution in [3.8, 4) is 0 Å². The minimum atomic E-state index is -4.54. The number of nitrogens with one attached hydrogen (secondary N) is 3. The Kier molecular flexibility index (Phi) is 5.82. The van der Waals surface area contributed by atoms with E-state index in [4.69, 9.17) is 0 Å². The van der Waals surface area contributed by atoms with Gasteiger partial charge in [-0.05, 0) is 26.7 Å². The van der Waals surface area contributed by atoms with Crippen molar-refractivity contribution < 1.29 is 18.0 Å². The summed E-state index contributed by atoms with van der Waals surface area (Å²) in [5.41, 5.74) is 0.371. The molecule has 8 nitrogen and oxygen atoms in total. The Morgan fingerprint density at radius 3 is 2.79 bits per heavy atom. The summed E-state index contributed by atoms with van der Waals surface area (Å²) in [6.45, 7) is 4.40. The van der Waals surface area contributed by atoms with Gasteiger partial charge in [0.25, 0.3) is 0 Å². The first-order chi connectivity index (χ1) is 13.3. The average molecular weight is 397 g/mol. The van der Waals surface area contributed by atoms with E-state index >= 15 is 0 Å². The maximum atomic E-state index is 13.1. The minimum absolute atomic E-state index is 0.0504. The summed E-state index contributed by atoms with van der Waals surface area (Å²) < 4.78 is 41.0. The van der Waals surface area contributed by atoms with Crippen LogP contribution in [0.25, 0.3) is 0 Å². The zero-order valence-electron chi connectivity index (χ0n) is 15.5. The summed E-state index contributed by atoms with van der Waals surface area (Å²) in [7, 11) is 0. The molecule has 0 bridgehead atoms. The number of halogens is 3. The third kappa shape index (κ3) is 4.41. The highest BCUT2D eigenvalue weighted by molar-refractivity contribution is 5.58. The van der Waals surface area contributed by atoms with Crippen molar-refractivity contribution in [3.63, 3.8) is 0 Å². The van der Waals surface area contributed by atoms with Crippen LogP contribution in [0.2, 0.25) is 0 Å². The molecule has 1 aliphatic heterocycles. The molecule has 1 fully saturated rings. The molecule has 0 aromatic carbocycles. The predicted octanol–water partition coefficient (Wildman–Crippen LogP) is 2.67. The van der Waals surface area contributed by atoms with Gasteiger partial charge in [0.1, 0.15) is 17.7 Å². The van der Waals surface area contributed by atoms with Crippen molar-refractivity contribution in [1.82, 2.24) is 25.1 Å². The Labute approximate surface area is 159 Å². The van der Waals surface area contributed by atoms with Crippen LogP contribution >= 0.6 is 0 Å². The Hall–Kier alpha value is -2.69. The zero-order chi connectivity index (χ0) is 20.3. The van der Waals surface area contributed by atoms with E-state index in [-0.39, 0.29) is 23.8 Å². The molecular weight excluding hydrogens is 375 g/mol. The van der Waals surface area contributed by atoms with E-state index in [1.807, 2.05) is 0 Å². The molecule has 2 aromatic heterocycles. The molecule has 2 aromatic rings. The lowest BCUT2D eigenvalue weighted by molar-refractivity contribution is -0.137. The van der Waals surface area contributed by atoms with Gasteiger partial charge in [-0.15, -0.1) is 0 Å². The summed E-state index contributed by atoms with van der Waals surface area (Å²) in [5, 5.41) is 13.2. The Bertz CT molecular complexity index is 829. The van der Waals surface area contributed by atoms with E-state index in [0.29, 0.717) is 24.5 Å². The molecular formula is C17H22F3N7O. The standard InChI is InChI=1S/C17H22F3N7O/c1-3-21-15-13(17(18,19)20)7-23-16(25-15)24-14-8-27(26-10(14)2)12-5-4-11(9-28)22-6-12/h7-9,11-12,22H,3-6H2,1-2H3,(H2,21,23,24,25). The molecule has 1 aliphatic rings. The molecule has 0 radical (unpaired) electrons. The topological polar surface area (TPSA) is 96.8 Å². The fourth-order valence-electron chi connectivity index (χ4n) is 3.07. The third-order valence-electron chi connectivity index (χ3n) is 4.57. The molecule has 0 saturated carbocycles. The molecule has 2 atom stereocenters. The molecule has 1 saturated heterocycles. The SMILES string of the molecule is CCNc1nc(Nc2cn(C3CCC(C=O)NC3)nc2C)ncc1C(F)(F)F. The van der Waals surface area contributed by atoms with Crippen LogP contribution in [0.5, 0.6) is 0 Å². The van der Waals surface area contributed by atoms with Crippen LogP contribution in [0.3, 0.4) is 0 Å². The van der Waals surface area contributed by atoms with Crippen molar-refractivity contribution >= 4 is 23.7 Å². The minimum Gasteiger partial charge on any atom is -0.370 e. The largest absolute Gasteiger partial charge is 0.421 e. The van der Waals surface area contributed by atoms with Crippen LogP contribution in [0.15, 0.2) is 12.4 Å². The second kappa shape index (κ2) is 8.13. The van der Waals surface area contributed by atoms with Crippen LogP contribution in [-0.4, -0.2) is 45.2 Å². The molecule has 28 heavy (non-hydrogen) atoms. The van der Waals surface area contributed by atoms with Crippen LogP contribution in [0.1, 0.15) is 37.1 Å². The number of hydrogen-bond donors (Lipinski definition) is 3. The number of nitrogens with zero attached hydrogens (tertiary/aromatic N) is 4. The van der Waals surface area contributed by atoms with Gasteiger partial charge in [-0.1, -0.05) is 0 Å². The number of carbonyl (C=O) groups excluding carboxylic acids is 1. The van der Waals surface area contributed by atoms with Crippen molar-refractivity contribution in [2.45, 2.75) is 44.9 Å². The molecule has 0 spiro atoms. The number of anilines is 3. The fourth-order valence-corrected chi connectivity index (χ4v) is 3.07. The quantitative estimate of drug-likeness (QED) is 0.645. The van der Waals surface area contributed by atoms with Crippen LogP contribution in [0.4, 0.5) is 30.6 Å². The van der Waals surface area contributed by atoms with E-state index < -0.39 is 11.7 Å². The lowest BCUT2D eigenvalue weighted by Gasteiger charge is -2.26. The van der Waals surface area contributed by atoms with Gasteiger partial charge in [0.15, 0.2) is 0 Å². The van der Waals surface area contributed by atoms with Crippen molar-refractivity contribution in [3.05, 3.63) is 23.7 Å². The second-order valence-electron chi connectivity index (χ2n) is 6.60. The molecule has 11 heteroatoms. The maximum Gasteiger partial charge on any atom is 0.421 e. The van der Waals surface area contributed by atoms with Gasteiger partial charge in [-0.3, -0.25) is 4.68 Å². The number of aromatic nitrogens is 4. The van der Waals surface area contributed by atoms with Crippen LogP contribution < -0.4 is 16.0 Å². The van der Waals surface area contributed by atoms with E-state index in [1.54, 1.807) is 24.7 Å². The highest BCUT2D eigenvalue weighted by atomic mass is 19.4. The summed E-state index contributed by atoms with van der Waals surface area (Å²) in [6.07, 6.45) is 0.433. The molecule has 152 valence electrons. The van der Waals surface area contributed by atoms with Crippen molar-refractivity contribution in [1.29, 1.82) is 0 Å². The molecule has 3 rings (SSSR count). The Balaban J connectivity index is 1.78. The number of aryl methyl sites for hydroxylation is 1. The van der Waals surface area contributed by atoms with Gasteiger partial charge in [0, 0.05) is 25.5 Å². The number of carbonyl (C=O) groups is 1. The molecule has 3 heterocycles. The number of alkyl halides is 3. The summed E-state index contributed by atoms with van der Waals surface area (Å²) in [6, 6.07) is -0.0353. The van der Waals surface area contributed by atoms with Gasteiger partial charge < -0.3 is 20.7 Å². The zero-order valence-corrected chi connectivity index (χ0v) is 15.5. The highest BCUT2D eigenvalue weighted by Gasteiger charge is 2.35. The van der Waals surface area contributed by atoms with Gasteiger partial charge in [-0.2, -0.15) is 23.3 Å². The van der Waals surface area contributed by atoms with Gasteiger partial charge >= 0.3 is 6.18 Å². The first-order valence-electron chi connectivity index (χ1n) is 9.01. The van der Waals surface area contributed by atoms with Gasteiger partial charge in [-0.25, -0.2) is 4.98 Å². The Morgan fingerprint density at radius 2 is 2.18 bits per heavy atom. The number of aldehydes is 1. The maximum absolute atomic E-state index is 13.1. The molecule has 0 amide bonds. The fraction of sp³-hybridized carbons (Fsp3) is 0.529. The van der Waals surface area contributed by atoms with E-state index in [0.717, 1.165) is 25.3 Å². The lowest BCUT2D eigenvalue weighted by Crippen LogP contribution is -2.40. The summed E-state index contributed by atoms with van der Waals surface area (Å²) in [4.78, 5) is 18.6. The summed E-state index contributed by atoms with van der Waals surface area (Å²) >= 11 is 0. The van der Waals surface area contributed by atoms with Crippen molar-refractivity contribution in [2.75, 3.05) is 23.7 Å². The third-order valence-corrected chi connectivity index (χ3v) is 4.57. The van der Waals surface area contributed by atoms with Gasteiger partial charge in [0.2, 0.25) is 5.95 Å². The number of piperidine rings is 1. The lowest BCUT2D eigenvalue weighted by atomic mass is 10.0.